The second kappa shape index (κ2) is 12.1. The van der Waals surface area contributed by atoms with Crippen molar-refractivity contribution in [2.45, 2.75) is 70.9 Å². The maximum Gasteiger partial charge on any atom is 0.307 e. The summed E-state index contributed by atoms with van der Waals surface area (Å²) in [4.78, 5) is 29.6. The number of hydrogen-bond acceptors (Lipinski definition) is 6. The number of methoxy groups -OCH3 is 1. The van der Waals surface area contributed by atoms with Crippen LogP contribution in [0.3, 0.4) is 0 Å². The van der Waals surface area contributed by atoms with E-state index in [0.717, 1.165) is 38.8 Å². The van der Waals surface area contributed by atoms with Gasteiger partial charge < -0.3 is 19.1 Å². The average molecular weight is 447 g/mol. The highest BCUT2D eigenvalue weighted by Gasteiger charge is 2.28. The molecule has 1 saturated carbocycles. The molecule has 1 unspecified atom stereocenters. The monoisotopic (exact) mass is 446 g/mol. The van der Waals surface area contributed by atoms with Crippen LogP contribution in [-0.2, 0) is 9.53 Å². The summed E-state index contributed by atoms with van der Waals surface area (Å²) in [5, 5.41) is 0. The first-order valence-electron chi connectivity index (χ1n) is 12.1. The number of amides is 1. The van der Waals surface area contributed by atoms with Gasteiger partial charge in [0.05, 0.1) is 26.2 Å². The number of benzene rings is 1. The molecule has 2 fully saturated rings. The van der Waals surface area contributed by atoms with E-state index in [1.807, 2.05) is 6.07 Å². The molecule has 1 aliphatic carbocycles. The minimum Gasteiger partial charge on any atom is -0.493 e. The zero-order valence-electron chi connectivity index (χ0n) is 19.8. The summed E-state index contributed by atoms with van der Waals surface area (Å²) >= 11 is 0. The zero-order valence-corrected chi connectivity index (χ0v) is 19.8. The molecule has 1 amide bonds. The standard InChI is InChI=1S/C25H38N2O5/c1-4-26-15-8-9-20(26)18-27(16-14-24(28)31-5-2)25(29)19-12-13-22(23(17-19)30-3)32-21-10-6-7-11-21/h12-13,17,20-21H,4-11,14-16,18H2,1-3H3. The van der Waals surface area contributed by atoms with Crippen LogP contribution in [0.25, 0.3) is 0 Å². The average Bonchev–Trinajstić information content (AvgIpc) is 3.48. The van der Waals surface area contributed by atoms with Crippen LogP contribution in [0, 0.1) is 0 Å². The van der Waals surface area contributed by atoms with Gasteiger partial charge in [-0.05, 0) is 76.7 Å². The van der Waals surface area contributed by atoms with Crippen LogP contribution in [-0.4, -0.2) is 73.7 Å². The molecule has 1 saturated heterocycles. The van der Waals surface area contributed by atoms with Gasteiger partial charge in [-0.1, -0.05) is 6.92 Å². The van der Waals surface area contributed by atoms with E-state index >= 15 is 0 Å². The van der Waals surface area contributed by atoms with Gasteiger partial charge in [0.2, 0.25) is 0 Å². The number of carbonyl (C=O) groups excluding carboxylic acids is 2. The van der Waals surface area contributed by atoms with Crippen molar-refractivity contribution in [1.82, 2.24) is 9.80 Å². The molecular weight excluding hydrogens is 408 g/mol. The highest BCUT2D eigenvalue weighted by Crippen LogP contribution is 2.33. The zero-order chi connectivity index (χ0) is 22.9. The van der Waals surface area contributed by atoms with Crippen LogP contribution < -0.4 is 9.47 Å². The maximum atomic E-state index is 13.5. The molecular formula is C25H38N2O5. The summed E-state index contributed by atoms with van der Waals surface area (Å²) in [6.07, 6.45) is 7.10. The van der Waals surface area contributed by atoms with E-state index in [9.17, 15) is 9.59 Å². The molecule has 0 bridgehead atoms. The molecule has 3 rings (SSSR count). The fourth-order valence-corrected chi connectivity index (χ4v) is 4.77. The lowest BCUT2D eigenvalue weighted by molar-refractivity contribution is -0.143. The van der Waals surface area contributed by atoms with Gasteiger partial charge in [0, 0.05) is 24.7 Å². The topological polar surface area (TPSA) is 68.3 Å². The SMILES string of the molecule is CCOC(=O)CCN(CC1CCCN1CC)C(=O)c1ccc(OC2CCCC2)c(OC)c1. The molecule has 0 spiro atoms. The van der Waals surface area contributed by atoms with Gasteiger partial charge in [-0.15, -0.1) is 0 Å². The van der Waals surface area contributed by atoms with E-state index in [2.05, 4.69) is 11.8 Å². The number of carbonyl (C=O) groups is 2. The van der Waals surface area contributed by atoms with E-state index in [4.69, 9.17) is 14.2 Å². The summed E-state index contributed by atoms with van der Waals surface area (Å²) in [7, 11) is 1.60. The van der Waals surface area contributed by atoms with Crippen molar-refractivity contribution < 1.29 is 23.8 Å². The van der Waals surface area contributed by atoms with Crippen LogP contribution in [0.2, 0.25) is 0 Å². The van der Waals surface area contributed by atoms with E-state index < -0.39 is 0 Å². The molecule has 7 nitrogen and oxygen atoms in total. The Kier molecular flexibility index (Phi) is 9.21. The summed E-state index contributed by atoms with van der Waals surface area (Å²) in [6, 6.07) is 5.72. The van der Waals surface area contributed by atoms with Crippen molar-refractivity contribution in [3.8, 4) is 11.5 Å². The third-order valence-corrected chi connectivity index (χ3v) is 6.52. The van der Waals surface area contributed by atoms with Gasteiger partial charge in [0.1, 0.15) is 0 Å². The number of ether oxygens (including phenoxy) is 3. The number of hydrogen-bond donors (Lipinski definition) is 0. The first-order valence-corrected chi connectivity index (χ1v) is 12.1. The van der Waals surface area contributed by atoms with Gasteiger partial charge in [-0.2, -0.15) is 0 Å². The lowest BCUT2D eigenvalue weighted by Gasteiger charge is -2.30. The number of esters is 1. The van der Waals surface area contributed by atoms with E-state index in [-0.39, 0.29) is 24.4 Å². The molecule has 1 atom stereocenters. The Hall–Kier alpha value is -2.28. The van der Waals surface area contributed by atoms with Crippen molar-refractivity contribution in [2.75, 3.05) is 39.9 Å². The Labute approximate surface area is 192 Å². The summed E-state index contributed by atoms with van der Waals surface area (Å²) in [5.74, 6) is 0.885. The fraction of sp³-hybridized carbons (Fsp3) is 0.680. The van der Waals surface area contributed by atoms with Crippen LogP contribution in [0.1, 0.15) is 69.2 Å². The molecule has 1 aromatic carbocycles. The lowest BCUT2D eigenvalue weighted by atomic mass is 10.1. The minimum absolute atomic E-state index is 0.0945. The largest absolute Gasteiger partial charge is 0.493 e. The molecule has 7 heteroatoms. The first kappa shape index (κ1) is 24.4. The van der Waals surface area contributed by atoms with Crippen LogP contribution in [0.15, 0.2) is 18.2 Å². The normalized spacial score (nSPS) is 19.2. The molecule has 178 valence electrons. The van der Waals surface area contributed by atoms with Crippen molar-refractivity contribution in [2.24, 2.45) is 0 Å². The predicted octanol–water partition coefficient (Wildman–Crippen LogP) is 3.90. The highest BCUT2D eigenvalue weighted by atomic mass is 16.5. The molecule has 0 radical (unpaired) electrons. The van der Waals surface area contributed by atoms with Crippen LogP contribution in [0.5, 0.6) is 11.5 Å². The number of rotatable bonds is 11. The third-order valence-electron chi connectivity index (χ3n) is 6.52. The van der Waals surface area contributed by atoms with Crippen molar-refractivity contribution in [3.05, 3.63) is 23.8 Å². The molecule has 1 aromatic rings. The highest BCUT2D eigenvalue weighted by molar-refractivity contribution is 5.95. The number of nitrogens with zero attached hydrogens (tertiary/aromatic N) is 2. The second-order valence-electron chi connectivity index (χ2n) is 8.62. The van der Waals surface area contributed by atoms with Gasteiger partial charge in [-0.3, -0.25) is 14.5 Å². The molecule has 0 aromatic heterocycles. The van der Waals surface area contributed by atoms with Gasteiger partial charge in [0.15, 0.2) is 11.5 Å². The molecule has 1 aliphatic heterocycles. The van der Waals surface area contributed by atoms with E-state index in [1.54, 1.807) is 31.1 Å². The molecule has 1 heterocycles. The fourth-order valence-electron chi connectivity index (χ4n) is 4.77. The summed E-state index contributed by atoms with van der Waals surface area (Å²) in [5.41, 5.74) is 0.547. The Bertz CT molecular complexity index is 763. The minimum atomic E-state index is -0.276. The molecule has 2 aliphatic rings. The van der Waals surface area contributed by atoms with Gasteiger partial charge in [0.25, 0.3) is 5.91 Å². The van der Waals surface area contributed by atoms with Crippen molar-refractivity contribution in [1.29, 1.82) is 0 Å². The van der Waals surface area contributed by atoms with Gasteiger partial charge in [-0.25, -0.2) is 0 Å². The molecule has 0 N–H and O–H groups in total. The van der Waals surface area contributed by atoms with E-state index in [1.165, 1.54) is 12.8 Å². The Morgan fingerprint density at radius 1 is 1.09 bits per heavy atom. The number of likely N-dealkylation sites (tertiary alicyclic amines) is 1. The smallest absolute Gasteiger partial charge is 0.307 e. The Balaban J connectivity index is 1.74. The first-order chi connectivity index (χ1) is 15.5. The summed E-state index contributed by atoms with van der Waals surface area (Å²) < 4.78 is 16.7. The van der Waals surface area contributed by atoms with Gasteiger partial charge >= 0.3 is 5.97 Å². The second-order valence-corrected chi connectivity index (χ2v) is 8.62. The third kappa shape index (κ3) is 6.37. The molecule has 32 heavy (non-hydrogen) atoms. The summed E-state index contributed by atoms with van der Waals surface area (Å²) in [6.45, 7) is 7.26. The quantitative estimate of drug-likeness (QED) is 0.480. The Morgan fingerprint density at radius 2 is 1.88 bits per heavy atom. The van der Waals surface area contributed by atoms with Crippen LogP contribution >= 0.6 is 0 Å². The van der Waals surface area contributed by atoms with Crippen molar-refractivity contribution >= 4 is 11.9 Å². The predicted molar refractivity (Wildman–Crippen MR) is 123 cm³/mol. The lowest BCUT2D eigenvalue weighted by Crippen LogP contribution is -2.44. The maximum absolute atomic E-state index is 13.5. The number of likely N-dealkylation sites (N-methyl/N-ethyl adjacent to an activating group) is 1. The van der Waals surface area contributed by atoms with E-state index in [0.29, 0.717) is 42.8 Å². The van der Waals surface area contributed by atoms with Crippen molar-refractivity contribution in [3.63, 3.8) is 0 Å². The Morgan fingerprint density at radius 3 is 2.56 bits per heavy atom. The van der Waals surface area contributed by atoms with Crippen LogP contribution in [0.4, 0.5) is 0 Å².